The van der Waals surface area contributed by atoms with Crippen LogP contribution in [0.25, 0.3) is 0 Å². The van der Waals surface area contributed by atoms with Crippen molar-refractivity contribution in [1.29, 1.82) is 0 Å². The quantitative estimate of drug-likeness (QED) is 0.255. The Morgan fingerprint density at radius 1 is 0.594 bits per heavy atom. The highest BCUT2D eigenvalue weighted by Gasteiger charge is 2.45. The van der Waals surface area contributed by atoms with Crippen molar-refractivity contribution in [3.8, 4) is 0 Å². The molecule has 0 bridgehead atoms. The molecule has 32 heavy (non-hydrogen) atoms. The molecule has 0 atom stereocenters. The molecule has 0 nitrogen and oxygen atoms in total. The zero-order chi connectivity index (χ0) is 21.5. The molecule has 0 fully saturated rings. The van der Waals surface area contributed by atoms with Crippen LogP contribution in [-0.2, 0) is 12.6 Å². The number of hydrogen-bond acceptors (Lipinski definition) is 0. The van der Waals surface area contributed by atoms with Crippen LogP contribution in [0.5, 0.6) is 0 Å². The van der Waals surface area contributed by atoms with Gasteiger partial charge in [-0.15, -0.1) is 6.58 Å². The molecule has 4 rings (SSSR count). The molecule has 0 saturated carbocycles. The van der Waals surface area contributed by atoms with Gasteiger partial charge in [-0.25, -0.2) is 0 Å². The maximum absolute atomic E-state index is 4.04. The maximum Gasteiger partial charge on any atom is 0.116 e. The molecular weight excluding hydrogens is 471 g/mol. The van der Waals surface area contributed by atoms with Crippen LogP contribution >= 0.6 is 7.26 Å². The Morgan fingerprint density at radius 2 is 0.969 bits per heavy atom. The van der Waals surface area contributed by atoms with E-state index in [-0.39, 0.29) is 17.0 Å². The van der Waals surface area contributed by atoms with E-state index in [0.717, 1.165) is 19.0 Å². The topological polar surface area (TPSA) is 0 Å². The van der Waals surface area contributed by atoms with Gasteiger partial charge >= 0.3 is 0 Å². The number of benzene rings is 4. The summed E-state index contributed by atoms with van der Waals surface area (Å²) in [4.78, 5) is 0. The van der Waals surface area contributed by atoms with Gasteiger partial charge in [0.05, 0.1) is 6.16 Å². The van der Waals surface area contributed by atoms with Gasteiger partial charge in [0, 0.05) is 0 Å². The maximum atomic E-state index is 4.04. The molecule has 0 spiro atoms. The van der Waals surface area contributed by atoms with Crippen LogP contribution in [0, 0.1) is 0 Å². The standard InChI is InChI=1S/C30H30P.BrH/c1-25(2)18-19-26-20-22-27(23-21-26)24-31(28-12-6-3-7-13-28,29-14-8-4-9-15-29)30-16-10-5-11-17-30;/h3-17,20-23H,1,18-19,24H2,2H3;1H/q+1;/p-1. The molecule has 0 N–H and O–H groups in total. The summed E-state index contributed by atoms with van der Waals surface area (Å²) in [7, 11) is -1.84. The van der Waals surface area contributed by atoms with Crippen molar-refractivity contribution in [2.45, 2.75) is 25.9 Å². The predicted octanol–water partition coefficient (Wildman–Crippen LogP) is 3.69. The largest absolute Gasteiger partial charge is 1.00 e. The first kappa shape index (κ1) is 24.2. The van der Waals surface area contributed by atoms with Gasteiger partial charge in [-0.3, -0.25) is 0 Å². The minimum absolute atomic E-state index is 0. The SMILES string of the molecule is C=C(C)CCc1ccc(C[P+](c2ccccc2)(c2ccccc2)c2ccccc2)cc1.[Br-]. The van der Waals surface area contributed by atoms with E-state index in [1.165, 1.54) is 32.6 Å². The Kier molecular flexibility index (Phi) is 8.62. The average Bonchev–Trinajstić information content (AvgIpc) is 2.83. The van der Waals surface area contributed by atoms with Crippen LogP contribution < -0.4 is 32.9 Å². The fourth-order valence-corrected chi connectivity index (χ4v) is 8.46. The molecule has 4 aromatic carbocycles. The van der Waals surface area contributed by atoms with Gasteiger partial charge in [-0.05, 0) is 67.3 Å². The van der Waals surface area contributed by atoms with Crippen LogP contribution in [0.15, 0.2) is 127 Å². The van der Waals surface area contributed by atoms with Crippen molar-refractivity contribution in [2.75, 3.05) is 0 Å². The minimum Gasteiger partial charge on any atom is -1.00 e. The third kappa shape index (κ3) is 5.47. The molecule has 0 aromatic heterocycles. The van der Waals surface area contributed by atoms with E-state index >= 15 is 0 Å². The molecule has 0 amide bonds. The van der Waals surface area contributed by atoms with E-state index in [9.17, 15) is 0 Å². The Morgan fingerprint density at radius 3 is 1.34 bits per heavy atom. The Labute approximate surface area is 204 Å². The third-order valence-corrected chi connectivity index (χ3v) is 10.3. The summed E-state index contributed by atoms with van der Waals surface area (Å²) in [6.45, 7) is 6.15. The summed E-state index contributed by atoms with van der Waals surface area (Å²) in [6, 6.07) is 42.6. The summed E-state index contributed by atoms with van der Waals surface area (Å²) in [5.41, 5.74) is 4.02. The van der Waals surface area contributed by atoms with Crippen LogP contribution in [0.1, 0.15) is 24.5 Å². The first-order chi connectivity index (χ1) is 15.2. The zero-order valence-electron chi connectivity index (χ0n) is 18.6. The van der Waals surface area contributed by atoms with E-state index in [1.807, 2.05) is 0 Å². The van der Waals surface area contributed by atoms with Gasteiger partial charge in [-0.1, -0.05) is 84.4 Å². The summed E-state index contributed by atoms with van der Waals surface area (Å²) < 4.78 is 0. The highest BCUT2D eigenvalue weighted by Crippen LogP contribution is 2.58. The van der Waals surface area contributed by atoms with E-state index in [4.69, 9.17) is 0 Å². The molecule has 0 heterocycles. The highest BCUT2D eigenvalue weighted by atomic mass is 79.9. The summed E-state index contributed by atoms with van der Waals surface area (Å²) >= 11 is 0. The van der Waals surface area contributed by atoms with Crippen molar-refractivity contribution in [1.82, 2.24) is 0 Å². The number of halogens is 1. The van der Waals surface area contributed by atoms with Gasteiger partial charge in [-0.2, -0.15) is 0 Å². The molecule has 162 valence electrons. The highest BCUT2D eigenvalue weighted by molar-refractivity contribution is 7.95. The van der Waals surface area contributed by atoms with Crippen LogP contribution in [-0.4, -0.2) is 0 Å². The van der Waals surface area contributed by atoms with Crippen LogP contribution in [0.4, 0.5) is 0 Å². The Hall–Kier alpha value is -2.47. The first-order valence-corrected chi connectivity index (χ1v) is 12.9. The number of hydrogen-bond donors (Lipinski definition) is 0. The van der Waals surface area contributed by atoms with E-state index < -0.39 is 7.26 Å². The first-order valence-electron chi connectivity index (χ1n) is 11.0. The van der Waals surface area contributed by atoms with Gasteiger partial charge in [0.25, 0.3) is 0 Å². The van der Waals surface area contributed by atoms with Gasteiger partial charge < -0.3 is 17.0 Å². The van der Waals surface area contributed by atoms with Crippen molar-refractivity contribution < 1.29 is 17.0 Å². The number of aryl methyl sites for hydroxylation is 1. The molecule has 0 aliphatic carbocycles. The number of allylic oxidation sites excluding steroid dienone is 1. The fourth-order valence-electron chi connectivity index (χ4n) is 4.21. The van der Waals surface area contributed by atoms with Crippen molar-refractivity contribution in [3.63, 3.8) is 0 Å². The summed E-state index contributed by atoms with van der Waals surface area (Å²) in [6.07, 6.45) is 3.13. The van der Waals surface area contributed by atoms with Gasteiger partial charge in [0.15, 0.2) is 0 Å². The fraction of sp³-hybridized carbons (Fsp3) is 0.133. The summed E-state index contributed by atoms with van der Waals surface area (Å²) in [5, 5.41) is 4.29. The summed E-state index contributed by atoms with van der Waals surface area (Å²) in [5.74, 6) is 0. The minimum atomic E-state index is -1.84. The van der Waals surface area contributed by atoms with Crippen molar-refractivity contribution in [3.05, 3.63) is 139 Å². The molecule has 4 aromatic rings. The average molecular weight is 501 g/mol. The van der Waals surface area contributed by atoms with Crippen molar-refractivity contribution >= 4 is 23.2 Å². The monoisotopic (exact) mass is 500 g/mol. The third-order valence-electron chi connectivity index (χ3n) is 5.87. The second kappa shape index (κ2) is 11.4. The lowest BCUT2D eigenvalue weighted by atomic mass is 10.1. The van der Waals surface area contributed by atoms with Crippen LogP contribution in [0.3, 0.4) is 0 Å². The Balaban J connectivity index is 0.00000289. The molecule has 2 heteroatoms. The molecule has 0 radical (unpaired) electrons. The van der Waals surface area contributed by atoms with E-state index in [1.54, 1.807) is 0 Å². The normalized spacial score (nSPS) is 10.9. The van der Waals surface area contributed by atoms with E-state index in [2.05, 4.69) is 129 Å². The molecule has 0 aliphatic heterocycles. The zero-order valence-corrected chi connectivity index (χ0v) is 21.1. The van der Waals surface area contributed by atoms with Crippen LogP contribution in [0.2, 0.25) is 0 Å². The molecule has 0 saturated heterocycles. The number of rotatable bonds is 8. The second-order valence-electron chi connectivity index (χ2n) is 8.25. The predicted molar refractivity (Wildman–Crippen MR) is 138 cm³/mol. The molecular formula is C30H30BrP. The smallest absolute Gasteiger partial charge is 0.116 e. The lowest BCUT2D eigenvalue weighted by Crippen LogP contribution is -3.00. The van der Waals surface area contributed by atoms with E-state index in [0.29, 0.717) is 0 Å². The van der Waals surface area contributed by atoms with Crippen molar-refractivity contribution in [2.24, 2.45) is 0 Å². The van der Waals surface area contributed by atoms with Gasteiger partial charge in [0.2, 0.25) is 0 Å². The Bertz CT molecular complexity index is 1010. The lowest BCUT2D eigenvalue weighted by molar-refractivity contribution is -0.00000619. The lowest BCUT2D eigenvalue weighted by Gasteiger charge is -2.28. The molecule has 0 aliphatic rings. The second-order valence-corrected chi connectivity index (χ2v) is 11.7. The van der Waals surface area contributed by atoms with Gasteiger partial charge in [0.1, 0.15) is 23.2 Å². The molecule has 0 unspecified atom stereocenters.